The normalized spacial score (nSPS) is 23.5. The van der Waals surface area contributed by atoms with Gasteiger partial charge in [-0.15, -0.1) is 0 Å². The van der Waals surface area contributed by atoms with Crippen LogP contribution in [0.2, 0.25) is 0 Å². The molecule has 0 aliphatic carbocycles. The van der Waals surface area contributed by atoms with Gasteiger partial charge >= 0.3 is 0 Å². The van der Waals surface area contributed by atoms with E-state index in [0.29, 0.717) is 12.2 Å². The van der Waals surface area contributed by atoms with E-state index in [9.17, 15) is 4.79 Å². The van der Waals surface area contributed by atoms with Crippen LogP contribution in [0.1, 0.15) is 46.5 Å². The van der Waals surface area contributed by atoms with Crippen LogP contribution in [-0.2, 0) is 9.53 Å². The molecule has 2 heteroatoms. The van der Waals surface area contributed by atoms with Crippen molar-refractivity contribution in [1.82, 2.24) is 0 Å². The van der Waals surface area contributed by atoms with Gasteiger partial charge in [-0.1, -0.05) is 20.8 Å². The fraction of sp³-hybridized carbons (Fsp3) is 0.909. The van der Waals surface area contributed by atoms with Gasteiger partial charge in [-0.05, 0) is 19.3 Å². The lowest BCUT2D eigenvalue weighted by Gasteiger charge is -2.22. The summed E-state index contributed by atoms with van der Waals surface area (Å²) in [5.41, 5.74) is -0.161. The summed E-state index contributed by atoms with van der Waals surface area (Å²) < 4.78 is 5.44. The van der Waals surface area contributed by atoms with Gasteiger partial charge in [0.05, 0.1) is 6.10 Å². The highest BCUT2D eigenvalue weighted by Crippen LogP contribution is 2.26. The highest BCUT2D eigenvalue weighted by atomic mass is 16.5. The molecular formula is C11H20O2. The minimum Gasteiger partial charge on any atom is -0.378 e. The molecule has 0 aromatic carbocycles. The number of rotatable bonds is 4. The van der Waals surface area contributed by atoms with Crippen molar-refractivity contribution in [3.63, 3.8) is 0 Å². The SMILES string of the molecule is CCC(C)(C)C(=O)CC1CCCO1. The predicted molar refractivity (Wildman–Crippen MR) is 52.7 cm³/mol. The Balaban J connectivity index is 2.39. The van der Waals surface area contributed by atoms with E-state index >= 15 is 0 Å². The summed E-state index contributed by atoms with van der Waals surface area (Å²) in [5.74, 6) is 0.349. The predicted octanol–water partition coefficient (Wildman–Crippen LogP) is 2.56. The maximum atomic E-state index is 11.8. The highest BCUT2D eigenvalue weighted by Gasteiger charge is 2.28. The average Bonchev–Trinajstić information content (AvgIpc) is 2.57. The van der Waals surface area contributed by atoms with Gasteiger partial charge in [-0.3, -0.25) is 4.79 Å². The lowest BCUT2D eigenvalue weighted by Crippen LogP contribution is -2.27. The summed E-state index contributed by atoms with van der Waals surface area (Å²) in [6.45, 7) is 6.94. The number of ether oxygens (including phenoxy) is 1. The molecule has 0 bridgehead atoms. The molecule has 1 aliphatic heterocycles. The van der Waals surface area contributed by atoms with E-state index in [1.165, 1.54) is 0 Å². The van der Waals surface area contributed by atoms with Crippen molar-refractivity contribution >= 4 is 5.78 Å². The van der Waals surface area contributed by atoms with Gasteiger partial charge in [0.1, 0.15) is 5.78 Å². The van der Waals surface area contributed by atoms with Crippen LogP contribution in [0.4, 0.5) is 0 Å². The summed E-state index contributed by atoms with van der Waals surface area (Å²) in [6.07, 6.45) is 3.91. The molecule has 1 saturated heterocycles. The molecule has 0 aromatic rings. The van der Waals surface area contributed by atoms with Gasteiger partial charge in [-0.2, -0.15) is 0 Å². The zero-order valence-corrected chi connectivity index (χ0v) is 8.93. The lowest BCUT2D eigenvalue weighted by molar-refractivity contribution is -0.129. The fourth-order valence-electron chi connectivity index (χ4n) is 1.49. The fourth-order valence-corrected chi connectivity index (χ4v) is 1.49. The highest BCUT2D eigenvalue weighted by molar-refractivity contribution is 5.84. The van der Waals surface area contributed by atoms with Crippen molar-refractivity contribution in [1.29, 1.82) is 0 Å². The van der Waals surface area contributed by atoms with Gasteiger partial charge in [0.2, 0.25) is 0 Å². The molecular weight excluding hydrogens is 164 g/mol. The maximum absolute atomic E-state index is 11.8. The van der Waals surface area contributed by atoms with E-state index in [4.69, 9.17) is 4.74 Å². The van der Waals surface area contributed by atoms with E-state index in [2.05, 4.69) is 6.92 Å². The third-order valence-electron chi connectivity index (χ3n) is 3.08. The molecule has 1 fully saturated rings. The minimum absolute atomic E-state index is 0.161. The van der Waals surface area contributed by atoms with Crippen molar-refractivity contribution in [3.05, 3.63) is 0 Å². The molecule has 76 valence electrons. The van der Waals surface area contributed by atoms with E-state index in [0.717, 1.165) is 25.9 Å². The number of Topliss-reactive ketones (excluding diaryl/α,β-unsaturated/α-hetero) is 1. The van der Waals surface area contributed by atoms with E-state index in [1.807, 2.05) is 13.8 Å². The Kier molecular flexibility index (Phi) is 3.48. The Bertz CT molecular complexity index is 179. The second kappa shape index (κ2) is 4.23. The lowest BCUT2D eigenvalue weighted by atomic mass is 9.82. The molecule has 0 aromatic heterocycles. The molecule has 0 amide bonds. The molecule has 2 nitrogen and oxygen atoms in total. The molecule has 1 rings (SSSR count). The zero-order chi connectivity index (χ0) is 9.90. The third-order valence-corrected chi connectivity index (χ3v) is 3.08. The van der Waals surface area contributed by atoms with Gasteiger partial charge in [0.15, 0.2) is 0 Å². The first-order valence-electron chi connectivity index (χ1n) is 5.21. The molecule has 0 saturated carbocycles. The van der Waals surface area contributed by atoms with Gasteiger partial charge in [0, 0.05) is 18.4 Å². The summed E-state index contributed by atoms with van der Waals surface area (Å²) in [7, 11) is 0. The number of hydrogen-bond donors (Lipinski definition) is 0. The third kappa shape index (κ3) is 2.80. The van der Waals surface area contributed by atoms with Crippen molar-refractivity contribution in [2.24, 2.45) is 5.41 Å². The first-order chi connectivity index (χ1) is 6.06. The Morgan fingerprint density at radius 3 is 2.69 bits per heavy atom. The Morgan fingerprint density at radius 2 is 2.23 bits per heavy atom. The Morgan fingerprint density at radius 1 is 1.54 bits per heavy atom. The van der Waals surface area contributed by atoms with Crippen LogP contribution in [0.25, 0.3) is 0 Å². The first kappa shape index (κ1) is 10.7. The van der Waals surface area contributed by atoms with Crippen molar-refractivity contribution in [3.8, 4) is 0 Å². The molecule has 1 atom stereocenters. The molecule has 0 radical (unpaired) electrons. The number of hydrogen-bond acceptors (Lipinski definition) is 2. The van der Waals surface area contributed by atoms with Crippen molar-refractivity contribution in [2.45, 2.75) is 52.6 Å². The quantitative estimate of drug-likeness (QED) is 0.671. The van der Waals surface area contributed by atoms with Crippen LogP contribution in [0.3, 0.4) is 0 Å². The molecule has 13 heavy (non-hydrogen) atoms. The Labute approximate surface area is 80.7 Å². The summed E-state index contributed by atoms with van der Waals surface area (Å²) in [5, 5.41) is 0. The summed E-state index contributed by atoms with van der Waals surface area (Å²) in [4.78, 5) is 11.8. The van der Waals surface area contributed by atoms with Crippen molar-refractivity contribution < 1.29 is 9.53 Å². The molecule has 0 spiro atoms. The number of carbonyl (C=O) groups excluding carboxylic acids is 1. The number of ketones is 1. The molecule has 0 N–H and O–H groups in total. The molecule has 1 heterocycles. The summed E-state index contributed by atoms with van der Waals surface area (Å²) in [6, 6.07) is 0. The van der Waals surface area contributed by atoms with Crippen LogP contribution in [-0.4, -0.2) is 18.5 Å². The molecule has 1 aliphatic rings. The van der Waals surface area contributed by atoms with E-state index < -0.39 is 0 Å². The zero-order valence-electron chi connectivity index (χ0n) is 8.93. The van der Waals surface area contributed by atoms with Crippen LogP contribution < -0.4 is 0 Å². The second-order valence-electron chi connectivity index (χ2n) is 4.50. The van der Waals surface area contributed by atoms with Gasteiger partial charge in [-0.25, -0.2) is 0 Å². The van der Waals surface area contributed by atoms with Gasteiger partial charge in [0.25, 0.3) is 0 Å². The average molecular weight is 184 g/mol. The topological polar surface area (TPSA) is 26.3 Å². The Hall–Kier alpha value is -0.370. The second-order valence-corrected chi connectivity index (χ2v) is 4.50. The van der Waals surface area contributed by atoms with Gasteiger partial charge < -0.3 is 4.74 Å². The minimum atomic E-state index is -0.161. The summed E-state index contributed by atoms with van der Waals surface area (Å²) >= 11 is 0. The van der Waals surface area contributed by atoms with Crippen LogP contribution in [0, 0.1) is 5.41 Å². The largest absolute Gasteiger partial charge is 0.378 e. The molecule has 1 unspecified atom stereocenters. The van der Waals surface area contributed by atoms with Crippen LogP contribution in [0.5, 0.6) is 0 Å². The first-order valence-corrected chi connectivity index (χ1v) is 5.21. The standard InChI is InChI=1S/C11H20O2/c1-4-11(2,3)10(12)8-9-6-5-7-13-9/h9H,4-8H2,1-3H3. The van der Waals surface area contributed by atoms with Crippen LogP contribution in [0.15, 0.2) is 0 Å². The smallest absolute Gasteiger partial charge is 0.141 e. The maximum Gasteiger partial charge on any atom is 0.141 e. The van der Waals surface area contributed by atoms with E-state index in [-0.39, 0.29) is 11.5 Å². The number of carbonyl (C=O) groups is 1. The van der Waals surface area contributed by atoms with Crippen LogP contribution >= 0.6 is 0 Å². The van der Waals surface area contributed by atoms with Crippen molar-refractivity contribution in [2.75, 3.05) is 6.61 Å². The monoisotopic (exact) mass is 184 g/mol. The van der Waals surface area contributed by atoms with E-state index in [1.54, 1.807) is 0 Å².